The van der Waals surface area contributed by atoms with Crippen LogP contribution in [0.4, 0.5) is 0 Å². The zero-order valence-corrected chi connectivity index (χ0v) is 14.4. The van der Waals surface area contributed by atoms with Gasteiger partial charge in [-0.2, -0.15) is 0 Å². The molecule has 2 saturated carbocycles. The number of carbonyl (C=O) groups is 1. The highest BCUT2D eigenvalue weighted by molar-refractivity contribution is 5.77. The normalized spacial score (nSPS) is 25.7. The van der Waals surface area contributed by atoms with Crippen molar-refractivity contribution in [2.24, 2.45) is 17.8 Å². The molecule has 0 unspecified atom stereocenters. The van der Waals surface area contributed by atoms with Crippen molar-refractivity contribution in [1.82, 2.24) is 15.5 Å². The molecule has 0 spiro atoms. The Morgan fingerprint density at radius 3 is 2.80 bits per heavy atom. The van der Waals surface area contributed by atoms with E-state index in [-0.39, 0.29) is 18.6 Å². The van der Waals surface area contributed by atoms with Crippen molar-refractivity contribution in [2.75, 3.05) is 6.61 Å². The predicted octanol–water partition coefficient (Wildman–Crippen LogP) is 3.06. The lowest BCUT2D eigenvalue weighted by atomic mass is 9.84. The summed E-state index contributed by atoms with van der Waals surface area (Å²) in [6, 6.07) is 7.49. The lowest BCUT2D eigenvalue weighted by Gasteiger charge is -2.28. The molecule has 1 aromatic carbocycles. The van der Waals surface area contributed by atoms with Crippen LogP contribution in [0.1, 0.15) is 32.6 Å². The summed E-state index contributed by atoms with van der Waals surface area (Å²) in [6.45, 7) is 2.16. The van der Waals surface area contributed by atoms with Gasteiger partial charge >= 0.3 is 0 Å². The lowest BCUT2D eigenvalue weighted by Crippen LogP contribution is -2.42. The van der Waals surface area contributed by atoms with Crippen LogP contribution in [0.3, 0.4) is 0 Å². The van der Waals surface area contributed by atoms with E-state index < -0.39 is 0 Å². The van der Waals surface area contributed by atoms with E-state index in [1.807, 2.05) is 12.1 Å². The van der Waals surface area contributed by atoms with Crippen LogP contribution in [-0.2, 0) is 4.79 Å². The second kappa shape index (κ2) is 6.86. The zero-order valence-electron chi connectivity index (χ0n) is 14.4. The second-order valence-corrected chi connectivity index (χ2v) is 7.25. The van der Waals surface area contributed by atoms with Gasteiger partial charge in [0.2, 0.25) is 12.3 Å². The highest BCUT2D eigenvalue weighted by Gasteiger charge is 2.42. The first-order chi connectivity index (χ1) is 12.2. The van der Waals surface area contributed by atoms with Crippen LogP contribution >= 0.6 is 0 Å². The average Bonchev–Trinajstić information content (AvgIpc) is 3.37. The third kappa shape index (κ3) is 3.52. The molecule has 1 aromatic heterocycles. The van der Waals surface area contributed by atoms with E-state index in [0.29, 0.717) is 17.6 Å². The molecule has 0 saturated heterocycles. The van der Waals surface area contributed by atoms with Crippen LogP contribution in [0.5, 0.6) is 5.75 Å². The van der Waals surface area contributed by atoms with Crippen LogP contribution in [0.15, 0.2) is 35.1 Å². The molecule has 2 aliphatic rings. The number of aromatic nitrogens is 2. The number of hydrogen-bond donors (Lipinski definition) is 1. The summed E-state index contributed by atoms with van der Waals surface area (Å²) >= 11 is 0. The number of benzene rings is 1. The maximum atomic E-state index is 12.2. The van der Waals surface area contributed by atoms with Crippen LogP contribution in [0, 0.1) is 17.8 Å². The molecule has 0 aliphatic heterocycles. The Balaban J connectivity index is 1.26. The van der Waals surface area contributed by atoms with E-state index >= 15 is 0 Å². The number of nitrogens with zero attached hydrogens (tertiary/aromatic N) is 2. The SMILES string of the molecule is C[C@H](NC(=O)COc1ccc(-c2nnco2)cc1)[C@@H]1C[C@@H]2CC[C@@H]1C2. The molecule has 2 bridgehead atoms. The van der Waals surface area contributed by atoms with E-state index in [0.717, 1.165) is 17.4 Å². The minimum atomic E-state index is -0.0590. The van der Waals surface area contributed by atoms with E-state index in [9.17, 15) is 4.79 Å². The number of fused-ring (bicyclic) bond motifs is 2. The first-order valence-electron chi connectivity index (χ1n) is 8.98. The van der Waals surface area contributed by atoms with Crippen LogP contribution in [0.2, 0.25) is 0 Å². The molecule has 2 fully saturated rings. The average molecular weight is 341 g/mol. The standard InChI is InChI=1S/C19H23N3O3/c1-12(17-9-13-2-3-15(17)8-13)21-18(23)10-24-16-6-4-14(5-7-16)19-22-20-11-25-19/h4-7,11-13,15,17H,2-3,8-10H2,1H3,(H,21,23)/t12-,13+,15+,17-/m0/s1. The molecule has 132 valence electrons. The van der Waals surface area contributed by atoms with Gasteiger partial charge in [0, 0.05) is 11.6 Å². The van der Waals surface area contributed by atoms with Gasteiger partial charge in [-0.05, 0) is 68.2 Å². The number of hydrogen-bond acceptors (Lipinski definition) is 5. The van der Waals surface area contributed by atoms with Gasteiger partial charge in [0.15, 0.2) is 6.61 Å². The molecule has 2 aromatic rings. The molecule has 2 aliphatic carbocycles. The van der Waals surface area contributed by atoms with Crippen LogP contribution in [0.25, 0.3) is 11.5 Å². The van der Waals surface area contributed by atoms with Crippen LogP contribution < -0.4 is 10.1 Å². The van der Waals surface area contributed by atoms with Gasteiger partial charge in [0.1, 0.15) is 5.75 Å². The lowest BCUT2D eigenvalue weighted by molar-refractivity contribution is -0.124. The van der Waals surface area contributed by atoms with Crippen molar-refractivity contribution in [1.29, 1.82) is 0 Å². The smallest absolute Gasteiger partial charge is 0.258 e. The molecule has 1 amide bonds. The van der Waals surface area contributed by atoms with E-state index in [1.165, 1.54) is 32.1 Å². The molecule has 4 rings (SSSR count). The Morgan fingerprint density at radius 1 is 1.32 bits per heavy atom. The van der Waals surface area contributed by atoms with Crippen molar-refractivity contribution in [2.45, 2.75) is 38.6 Å². The Hall–Kier alpha value is -2.37. The molecule has 6 nitrogen and oxygen atoms in total. The Bertz CT molecular complexity index is 714. The summed E-state index contributed by atoms with van der Waals surface area (Å²) in [5.74, 6) is 3.38. The summed E-state index contributed by atoms with van der Waals surface area (Å²) in [5, 5.41) is 10.6. The summed E-state index contributed by atoms with van der Waals surface area (Å²) < 4.78 is 10.7. The maximum absolute atomic E-state index is 12.2. The molecule has 25 heavy (non-hydrogen) atoms. The number of rotatable bonds is 6. The molecule has 1 N–H and O–H groups in total. The highest BCUT2D eigenvalue weighted by Crippen LogP contribution is 2.49. The molecule has 1 heterocycles. The van der Waals surface area contributed by atoms with E-state index in [1.54, 1.807) is 12.1 Å². The first-order valence-corrected chi connectivity index (χ1v) is 8.98. The summed E-state index contributed by atoms with van der Waals surface area (Å²) in [5.41, 5.74) is 0.819. The largest absolute Gasteiger partial charge is 0.484 e. The second-order valence-electron chi connectivity index (χ2n) is 7.25. The number of ether oxygens (including phenoxy) is 1. The predicted molar refractivity (Wildman–Crippen MR) is 91.8 cm³/mol. The van der Waals surface area contributed by atoms with Gasteiger partial charge in [-0.25, -0.2) is 0 Å². The molecule has 4 atom stereocenters. The number of amides is 1. The Morgan fingerprint density at radius 2 is 2.16 bits per heavy atom. The Kier molecular flexibility index (Phi) is 4.42. The quantitative estimate of drug-likeness (QED) is 0.874. The molecular weight excluding hydrogens is 318 g/mol. The minimum absolute atomic E-state index is 0.0328. The van der Waals surface area contributed by atoms with Gasteiger partial charge < -0.3 is 14.5 Å². The van der Waals surface area contributed by atoms with Crippen LogP contribution in [-0.4, -0.2) is 28.8 Å². The first kappa shape index (κ1) is 16.1. The zero-order chi connectivity index (χ0) is 17.2. The fraction of sp³-hybridized carbons (Fsp3) is 0.526. The van der Waals surface area contributed by atoms with Gasteiger partial charge in [0.25, 0.3) is 5.91 Å². The third-order valence-electron chi connectivity index (χ3n) is 5.65. The number of carbonyl (C=O) groups excluding carboxylic acids is 1. The molecule has 0 radical (unpaired) electrons. The van der Waals surface area contributed by atoms with Crippen molar-refractivity contribution in [3.8, 4) is 17.2 Å². The van der Waals surface area contributed by atoms with Gasteiger partial charge in [-0.1, -0.05) is 6.42 Å². The monoisotopic (exact) mass is 341 g/mol. The van der Waals surface area contributed by atoms with Crippen molar-refractivity contribution < 1.29 is 13.9 Å². The summed E-state index contributed by atoms with van der Waals surface area (Å²) in [6.07, 6.45) is 6.63. The van der Waals surface area contributed by atoms with E-state index in [4.69, 9.17) is 9.15 Å². The van der Waals surface area contributed by atoms with Gasteiger partial charge in [-0.3, -0.25) is 4.79 Å². The summed E-state index contributed by atoms with van der Waals surface area (Å²) in [7, 11) is 0. The van der Waals surface area contributed by atoms with Crippen molar-refractivity contribution in [3.05, 3.63) is 30.7 Å². The third-order valence-corrected chi connectivity index (χ3v) is 5.65. The van der Waals surface area contributed by atoms with Gasteiger partial charge in [0.05, 0.1) is 0 Å². The van der Waals surface area contributed by atoms with Gasteiger partial charge in [-0.15, -0.1) is 10.2 Å². The topological polar surface area (TPSA) is 77.2 Å². The molecule has 6 heteroatoms. The Labute approximate surface area is 147 Å². The summed E-state index contributed by atoms with van der Waals surface area (Å²) in [4.78, 5) is 12.2. The minimum Gasteiger partial charge on any atom is -0.484 e. The highest BCUT2D eigenvalue weighted by atomic mass is 16.5. The number of nitrogens with one attached hydrogen (secondary N) is 1. The fourth-order valence-electron chi connectivity index (χ4n) is 4.45. The van der Waals surface area contributed by atoms with Crippen molar-refractivity contribution in [3.63, 3.8) is 0 Å². The molecular formula is C19H23N3O3. The maximum Gasteiger partial charge on any atom is 0.258 e. The van der Waals surface area contributed by atoms with Crippen molar-refractivity contribution >= 4 is 5.91 Å². The fourth-order valence-corrected chi connectivity index (χ4v) is 4.45. The van der Waals surface area contributed by atoms with E-state index in [2.05, 4.69) is 22.4 Å².